The molecular weight excluding hydrogens is 276 g/mol. The lowest BCUT2D eigenvalue weighted by molar-refractivity contribution is 0.162. The number of fused-ring (bicyclic) bond motifs is 1. The van der Waals surface area contributed by atoms with Gasteiger partial charge in [0.25, 0.3) is 0 Å². The molecule has 0 amide bonds. The molecule has 2 aromatic rings. The quantitative estimate of drug-likeness (QED) is 0.910. The first-order chi connectivity index (χ1) is 10.1. The fraction of sp³-hybridized carbons (Fsp3) is 0.250. The van der Waals surface area contributed by atoms with Crippen LogP contribution in [0.15, 0.2) is 42.5 Å². The molecule has 0 aliphatic carbocycles. The molecule has 0 bridgehead atoms. The minimum absolute atomic E-state index is 0.0466. The van der Waals surface area contributed by atoms with E-state index in [1.54, 1.807) is 0 Å². The van der Waals surface area contributed by atoms with Gasteiger partial charge in [-0.2, -0.15) is 0 Å². The summed E-state index contributed by atoms with van der Waals surface area (Å²) in [4.78, 5) is 0. The van der Waals surface area contributed by atoms with Gasteiger partial charge in [-0.1, -0.05) is 18.2 Å². The SMILES string of the molecule is OC(CNC1COc2ccccc21)c1cc(F)ccc1F. The van der Waals surface area contributed by atoms with Crippen molar-refractivity contribution >= 4 is 0 Å². The minimum Gasteiger partial charge on any atom is -0.491 e. The van der Waals surface area contributed by atoms with Crippen LogP contribution in [0.2, 0.25) is 0 Å². The van der Waals surface area contributed by atoms with Gasteiger partial charge in [-0.05, 0) is 24.3 Å². The zero-order valence-corrected chi connectivity index (χ0v) is 11.2. The molecule has 0 spiro atoms. The number of aliphatic hydroxyl groups is 1. The summed E-state index contributed by atoms with van der Waals surface area (Å²) in [6.07, 6.45) is -1.12. The number of hydrogen-bond donors (Lipinski definition) is 2. The number of aliphatic hydroxyl groups excluding tert-OH is 1. The standard InChI is InChI=1S/C16H15F2NO2/c17-10-5-6-13(18)12(7-10)15(20)8-19-14-9-21-16-4-2-1-3-11(14)16/h1-7,14-15,19-20H,8-9H2. The summed E-state index contributed by atoms with van der Waals surface area (Å²) in [7, 11) is 0. The Kier molecular flexibility index (Phi) is 3.86. The van der Waals surface area contributed by atoms with E-state index in [0.29, 0.717) is 6.61 Å². The Hall–Kier alpha value is -1.98. The molecule has 5 heteroatoms. The Labute approximate surface area is 121 Å². The van der Waals surface area contributed by atoms with E-state index in [9.17, 15) is 13.9 Å². The summed E-state index contributed by atoms with van der Waals surface area (Å²) in [6, 6.07) is 10.6. The summed E-state index contributed by atoms with van der Waals surface area (Å²) in [5.74, 6) is -0.379. The smallest absolute Gasteiger partial charge is 0.129 e. The third-order valence-electron chi connectivity index (χ3n) is 3.57. The monoisotopic (exact) mass is 291 g/mol. The molecule has 1 aliphatic heterocycles. The van der Waals surface area contributed by atoms with Crippen molar-refractivity contribution in [1.29, 1.82) is 0 Å². The lowest BCUT2D eigenvalue weighted by Crippen LogP contribution is -2.27. The molecule has 2 N–H and O–H groups in total. The predicted molar refractivity (Wildman–Crippen MR) is 74.0 cm³/mol. The van der Waals surface area contributed by atoms with Crippen molar-refractivity contribution in [2.45, 2.75) is 12.1 Å². The summed E-state index contributed by atoms with van der Waals surface area (Å²) >= 11 is 0. The molecule has 2 atom stereocenters. The molecule has 2 aromatic carbocycles. The van der Waals surface area contributed by atoms with Crippen LogP contribution in [-0.4, -0.2) is 18.3 Å². The van der Waals surface area contributed by atoms with Crippen LogP contribution in [0.5, 0.6) is 5.75 Å². The topological polar surface area (TPSA) is 41.5 Å². The molecule has 2 unspecified atom stereocenters. The Bertz CT molecular complexity index is 648. The van der Waals surface area contributed by atoms with E-state index in [1.807, 2.05) is 24.3 Å². The van der Waals surface area contributed by atoms with Crippen molar-refractivity contribution in [1.82, 2.24) is 5.32 Å². The van der Waals surface area contributed by atoms with Gasteiger partial charge in [0, 0.05) is 17.7 Å². The van der Waals surface area contributed by atoms with Gasteiger partial charge in [-0.25, -0.2) is 8.78 Å². The van der Waals surface area contributed by atoms with Crippen LogP contribution in [0, 0.1) is 11.6 Å². The van der Waals surface area contributed by atoms with Crippen molar-refractivity contribution in [3.8, 4) is 5.75 Å². The van der Waals surface area contributed by atoms with E-state index in [4.69, 9.17) is 4.74 Å². The van der Waals surface area contributed by atoms with Gasteiger partial charge < -0.3 is 15.2 Å². The largest absolute Gasteiger partial charge is 0.491 e. The fourth-order valence-electron chi connectivity index (χ4n) is 2.47. The maximum atomic E-state index is 13.6. The summed E-state index contributed by atoms with van der Waals surface area (Å²) in [6.45, 7) is 0.570. The number of halogens is 2. The lowest BCUT2D eigenvalue weighted by Gasteiger charge is -2.16. The average molecular weight is 291 g/mol. The molecule has 1 aliphatic rings. The molecule has 21 heavy (non-hydrogen) atoms. The zero-order chi connectivity index (χ0) is 14.8. The number of benzene rings is 2. The maximum absolute atomic E-state index is 13.6. The van der Waals surface area contributed by atoms with Gasteiger partial charge in [0.1, 0.15) is 24.0 Å². The van der Waals surface area contributed by atoms with Crippen LogP contribution in [0.4, 0.5) is 8.78 Å². The molecule has 1 heterocycles. The van der Waals surface area contributed by atoms with E-state index in [2.05, 4.69) is 5.32 Å². The zero-order valence-electron chi connectivity index (χ0n) is 11.2. The molecule has 0 radical (unpaired) electrons. The Morgan fingerprint density at radius 2 is 2.05 bits per heavy atom. The van der Waals surface area contributed by atoms with Gasteiger partial charge in [-0.15, -0.1) is 0 Å². The van der Waals surface area contributed by atoms with Crippen molar-refractivity contribution < 1.29 is 18.6 Å². The highest BCUT2D eigenvalue weighted by atomic mass is 19.1. The van der Waals surface area contributed by atoms with E-state index in [0.717, 1.165) is 29.5 Å². The number of rotatable bonds is 4. The Morgan fingerprint density at radius 3 is 2.90 bits per heavy atom. The van der Waals surface area contributed by atoms with E-state index in [-0.39, 0.29) is 18.2 Å². The highest BCUT2D eigenvalue weighted by Crippen LogP contribution is 2.32. The number of para-hydroxylation sites is 1. The fourth-order valence-corrected chi connectivity index (χ4v) is 2.47. The van der Waals surface area contributed by atoms with Crippen LogP contribution >= 0.6 is 0 Å². The second kappa shape index (κ2) is 5.79. The van der Waals surface area contributed by atoms with Crippen LogP contribution in [0.1, 0.15) is 23.3 Å². The highest BCUT2D eigenvalue weighted by Gasteiger charge is 2.24. The molecule has 3 rings (SSSR count). The molecule has 0 aromatic heterocycles. The second-order valence-electron chi connectivity index (χ2n) is 4.99. The number of ether oxygens (including phenoxy) is 1. The van der Waals surface area contributed by atoms with Gasteiger partial charge in [0.15, 0.2) is 0 Å². The summed E-state index contributed by atoms with van der Waals surface area (Å²) in [5.41, 5.74) is 0.958. The van der Waals surface area contributed by atoms with Crippen LogP contribution in [0.25, 0.3) is 0 Å². The first kappa shape index (κ1) is 14.0. The van der Waals surface area contributed by atoms with Crippen molar-refractivity contribution in [2.24, 2.45) is 0 Å². The third kappa shape index (κ3) is 2.89. The summed E-state index contributed by atoms with van der Waals surface area (Å²) in [5, 5.41) is 13.1. The highest BCUT2D eigenvalue weighted by molar-refractivity contribution is 5.39. The first-order valence-electron chi connectivity index (χ1n) is 6.73. The molecule has 0 saturated carbocycles. The van der Waals surface area contributed by atoms with Gasteiger partial charge >= 0.3 is 0 Å². The average Bonchev–Trinajstić information content (AvgIpc) is 2.90. The predicted octanol–water partition coefficient (Wildman–Crippen LogP) is 2.72. The Balaban J connectivity index is 1.67. The van der Waals surface area contributed by atoms with Crippen LogP contribution < -0.4 is 10.1 Å². The number of nitrogens with one attached hydrogen (secondary N) is 1. The van der Waals surface area contributed by atoms with Gasteiger partial charge in [0.05, 0.1) is 12.1 Å². The summed E-state index contributed by atoms with van der Waals surface area (Å²) < 4.78 is 32.2. The maximum Gasteiger partial charge on any atom is 0.129 e. The van der Waals surface area contributed by atoms with Crippen LogP contribution in [-0.2, 0) is 0 Å². The molecule has 0 fully saturated rings. The van der Waals surface area contributed by atoms with E-state index in [1.165, 1.54) is 0 Å². The molecular formula is C16H15F2NO2. The van der Waals surface area contributed by atoms with Crippen molar-refractivity contribution in [2.75, 3.05) is 13.2 Å². The minimum atomic E-state index is -1.12. The lowest BCUT2D eigenvalue weighted by atomic mass is 10.1. The first-order valence-corrected chi connectivity index (χ1v) is 6.73. The van der Waals surface area contributed by atoms with Gasteiger partial charge in [-0.3, -0.25) is 0 Å². The second-order valence-corrected chi connectivity index (χ2v) is 4.99. The van der Waals surface area contributed by atoms with E-state index >= 15 is 0 Å². The third-order valence-corrected chi connectivity index (χ3v) is 3.57. The van der Waals surface area contributed by atoms with Crippen molar-refractivity contribution in [3.63, 3.8) is 0 Å². The van der Waals surface area contributed by atoms with E-state index < -0.39 is 17.7 Å². The van der Waals surface area contributed by atoms with Gasteiger partial charge in [0.2, 0.25) is 0 Å². The molecule has 110 valence electrons. The van der Waals surface area contributed by atoms with Crippen LogP contribution in [0.3, 0.4) is 0 Å². The molecule has 0 saturated heterocycles. The normalized spacial score (nSPS) is 18.1. The number of hydrogen-bond acceptors (Lipinski definition) is 3. The van der Waals surface area contributed by atoms with Crippen molar-refractivity contribution in [3.05, 3.63) is 65.2 Å². The molecule has 3 nitrogen and oxygen atoms in total. The Morgan fingerprint density at radius 1 is 1.24 bits per heavy atom.